The van der Waals surface area contributed by atoms with Crippen molar-refractivity contribution in [1.82, 2.24) is 4.98 Å². The first-order valence-electron chi connectivity index (χ1n) is 4.07. The Morgan fingerprint density at radius 2 is 2.33 bits per heavy atom. The molecule has 0 aromatic carbocycles. The molecule has 3 heteroatoms. The monoisotopic (exact) mass is 183 g/mol. The second-order valence-electron chi connectivity index (χ2n) is 2.47. The van der Waals surface area contributed by atoms with Crippen molar-refractivity contribution in [3.05, 3.63) is 24.5 Å². The maximum atomic E-state index is 5.41. The van der Waals surface area contributed by atoms with Gasteiger partial charge in [0.25, 0.3) is 0 Å². The SMILES string of the molecule is SCCCCOc1cccnc1. The summed E-state index contributed by atoms with van der Waals surface area (Å²) in [5.74, 6) is 1.77. The Bertz CT molecular complexity index is 203. The summed E-state index contributed by atoms with van der Waals surface area (Å²) in [6.07, 6.45) is 5.61. The average molecular weight is 183 g/mol. The molecule has 0 amide bonds. The summed E-state index contributed by atoms with van der Waals surface area (Å²) >= 11 is 4.11. The van der Waals surface area contributed by atoms with E-state index in [2.05, 4.69) is 17.6 Å². The lowest BCUT2D eigenvalue weighted by Crippen LogP contribution is -1.97. The van der Waals surface area contributed by atoms with Crippen LogP contribution in [0.25, 0.3) is 0 Å². The van der Waals surface area contributed by atoms with Crippen molar-refractivity contribution in [3.63, 3.8) is 0 Å². The zero-order chi connectivity index (χ0) is 8.65. The fourth-order valence-electron chi connectivity index (χ4n) is 0.836. The van der Waals surface area contributed by atoms with Crippen molar-refractivity contribution >= 4 is 12.6 Å². The number of pyridine rings is 1. The number of rotatable bonds is 5. The van der Waals surface area contributed by atoms with Gasteiger partial charge < -0.3 is 4.74 Å². The van der Waals surface area contributed by atoms with Gasteiger partial charge in [-0.1, -0.05) is 0 Å². The van der Waals surface area contributed by atoms with Gasteiger partial charge in [-0.25, -0.2) is 0 Å². The Hall–Kier alpha value is -0.700. The first-order chi connectivity index (χ1) is 5.93. The van der Waals surface area contributed by atoms with Crippen LogP contribution in [0.3, 0.4) is 0 Å². The van der Waals surface area contributed by atoms with E-state index in [9.17, 15) is 0 Å². The highest BCUT2D eigenvalue weighted by molar-refractivity contribution is 7.80. The fraction of sp³-hybridized carbons (Fsp3) is 0.444. The van der Waals surface area contributed by atoms with Crippen LogP contribution in [0.5, 0.6) is 5.75 Å². The Balaban J connectivity index is 2.16. The smallest absolute Gasteiger partial charge is 0.137 e. The van der Waals surface area contributed by atoms with E-state index in [1.165, 1.54) is 0 Å². The van der Waals surface area contributed by atoms with E-state index >= 15 is 0 Å². The van der Waals surface area contributed by atoms with Crippen LogP contribution >= 0.6 is 12.6 Å². The lowest BCUT2D eigenvalue weighted by atomic mass is 10.3. The largest absolute Gasteiger partial charge is 0.492 e. The molecule has 0 atom stereocenters. The molecule has 0 aliphatic heterocycles. The van der Waals surface area contributed by atoms with Crippen molar-refractivity contribution in [3.8, 4) is 5.75 Å². The molecule has 1 aromatic rings. The summed E-state index contributed by atoms with van der Waals surface area (Å²) in [5, 5.41) is 0. The minimum absolute atomic E-state index is 0.756. The number of aromatic nitrogens is 1. The Morgan fingerprint density at radius 3 is 3.00 bits per heavy atom. The van der Waals surface area contributed by atoms with Crippen molar-refractivity contribution in [2.75, 3.05) is 12.4 Å². The lowest BCUT2D eigenvalue weighted by molar-refractivity contribution is 0.308. The second-order valence-corrected chi connectivity index (χ2v) is 2.92. The standard InChI is InChI=1S/C9H13NOS/c12-7-2-1-6-11-9-4-3-5-10-8-9/h3-5,8,12H,1-2,6-7H2. The molecule has 0 saturated carbocycles. The molecule has 1 aromatic heterocycles. The highest BCUT2D eigenvalue weighted by Gasteiger charge is 1.90. The molecule has 0 fully saturated rings. The lowest BCUT2D eigenvalue weighted by Gasteiger charge is -2.03. The predicted octanol–water partition coefficient (Wildman–Crippen LogP) is 2.17. The predicted molar refractivity (Wildman–Crippen MR) is 52.8 cm³/mol. The zero-order valence-electron chi connectivity index (χ0n) is 6.94. The van der Waals surface area contributed by atoms with Crippen molar-refractivity contribution in [1.29, 1.82) is 0 Å². The molecule has 1 heterocycles. The van der Waals surface area contributed by atoms with E-state index in [1.54, 1.807) is 12.4 Å². The van der Waals surface area contributed by atoms with Gasteiger partial charge in [-0.05, 0) is 30.7 Å². The third-order valence-electron chi connectivity index (χ3n) is 1.46. The molecule has 0 aliphatic rings. The van der Waals surface area contributed by atoms with Crippen molar-refractivity contribution in [2.45, 2.75) is 12.8 Å². The summed E-state index contributed by atoms with van der Waals surface area (Å²) in [6, 6.07) is 3.78. The van der Waals surface area contributed by atoms with Crippen LogP contribution in [-0.4, -0.2) is 17.3 Å². The fourth-order valence-corrected chi connectivity index (χ4v) is 1.06. The molecule has 12 heavy (non-hydrogen) atoms. The molecule has 0 spiro atoms. The molecule has 0 N–H and O–H groups in total. The molecule has 2 nitrogen and oxygen atoms in total. The van der Waals surface area contributed by atoms with Crippen LogP contribution in [0, 0.1) is 0 Å². The Morgan fingerprint density at radius 1 is 1.42 bits per heavy atom. The van der Waals surface area contributed by atoms with Crippen LogP contribution in [-0.2, 0) is 0 Å². The highest BCUT2D eigenvalue weighted by Crippen LogP contribution is 2.06. The van der Waals surface area contributed by atoms with Gasteiger partial charge in [-0.2, -0.15) is 12.6 Å². The molecule has 0 aliphatic carbocycles. The quantitative estimate of drug-likeness (QED) is 0.558. The maximum absolute atomic E-state index is 5.41. The molecule has 66 valence electrons. The zero-order valence-corrected chi connectivity index (χ0v) is 7.83. The van der Waals surface area contributed by atoms with Gasteiger partial charge in [0.05, 0.1) is 12.8 Å². The normalized spacial score (nSPS) is 9.75. The number of hydrogen-bond acceptors (Lipinski definition) is 3. The van der Waals surface area contributed by atoms with E-state index in [4.69, 9.17) is 4.74 Å². The van der Waals surface area contributed by atoms with Gasteiger partial charge in [-0.15, -0.1) is 0 Å². The molecular weight excluding hydrogens is 170 g/mol. The van der Waals surface area contributed by atoms with E-state index in [-0.39, 0.29) is 0 Å². The number of ether oxygens (including phenoxy) is 1. The highest BCUT2D eigenvalue weighted by atomic mass is 32.1. The minimum atomic E-state index is 0.756. The summed E-state index contributed by atoms with van der Waals surface area (Å²) in [4.78, 5) is 3.94. The van der Waals surface area contributed by atoms with E-state index in [1.807, 2.05) is 12.1 Å². The maximum Gasteiger partial charge on any atom is 0.137 e. The first-order valence-corrected chi connectivity index (χ1v) is 4.70. The van der Waals surface area contributed by atoms with Crippen LogP contribution in [0.2, 0.25) is 0 Å². The summed E-state index contributed by atoms with van der Waals surface area (Å²) in [5.41, 5.74) is 0. The van der Waals surface area contributed by atoms with E-state index < -0.39 is 0 Å². The van der Waals surface area contributed by atoms with E-state index in [0.717, 1.165) is 31.0 Å². The van der Waals surface area contributed by atoms with Gasteiger partial charge in [0.1, 0.15) is 5.75 Å². The van der Waals surface area contributed by atoms with Crippen LogP contribution in [0.15, 0.2) is 24.5 Å². The topological polar surface area (TPSA) is 22.1 Å². The van der Waals surface area contributed by atoms with E-state index in [0.29, 0.717) is 0 Å². The molecule has 0 unspecified atom stereocenters. The van der Waals surface area contributed by atoms with Gasteiger partial charge in [0.15, 0.2) is 0 Å². The van der Waals surface area contributed by atoms with Crippen molar-refractivity contribution in [2.24, 2.45) is 0 Å². The number of unbranched alkanes of at least 4 members (excludes halogenated alkanes) is 1. The third kappa shape index (κ3) is 3.62. The Labute approximate surface area is 78.4 Å². The summed E-state index contributed by atoms with van der Waals surface area (Å²) in [6.45, 7) is 0.756. The number of nitrogens with zero attached hydrogens (tertiary/aromatic N) is 1. The van der Waals surface area contributed by atoms with Crippen molar-refractivity contribution < 1.29 is 4.74 Å². The molecule has 0 radical (unpaired) electrons. The first kappa shape index (κ1) is 9.39. The minimum Gasteiger partial charge on any atom is -0.492 e. The number of hydrogen-bond donors (Lipinski definition) is 1. The van der Waals surface area contributed by atoms with Crippen LogP contribution < -0.4 is 4.74 Å². The molecule has 1 rings (SSSR count). The van der Waals surface area contributed by atoms with Crippen LogP contribution in [0.1, 0.15) is 12.8 Å². The summed E-state index contributed by atoms with van der Waals surface area (Å²) < 4.78 is 5.41. The van der Waals surface area contributed by atoms with Crippen LogP contribution in [0.4, 0.5) is 0 Å². The number of thiol groups is 1. The third-order valence-corrected chi connectivity index (χ3v) is 1.77. The second kappa shape index (κ2) is 5.89. The Kier molecular flexibility index (Phi) is 4.61. The van der Waals surface area contributed by atoms with Gasteiger partial charge in [0, 0.05) is 6.20 Å². The molecular formula is C9H13NOS. The van der Waals surface area contributed by atoms with Gasteiger partial charge >= 0.3 is 0 Å². The molecule has 0 saturated heterocycles. The van der Waals surface area contributed by atoms with Gasteiger partial charge in [0.2, 0.25) is 0 Å². The van der Waals surface area contributed by atoms with Gasteiger partial charge in [-0.3, -0.25) is 4.98 Å². The average Bonchev–Trinajstić information content (AvgIpc) is 2.14. The molecule has 0 bridgehead atoms. The summed E-state index contributed by atoms with van der Waals surface area (Å²) in [7, 11) is 0.